The van der Waals surface area contributed by atoms with Gasteiger partial charge in [-0.05, 0) is 61.8 Å². The van der Waals surface area contributed by atoms with Crippen molar-refractivity contribution in [2.45, 2.75) is 38.4 Å². The van der Waals surface area contributed by atoms with Gasteiger partial charge in [0.1, 0.15) is 0 Å². The second-order valence-corrected chi connectivity index (χ2v) is 9.78. The molecule has 0 aromatic heterocycles. The molecule has 0 saturated carbocycles. The zero-order valence-electron chi connectivity index (χ0n) is 19.8. The largest absolute Gasteiger partial charge is 0.390 e. The summed E-state index contributed by atoms with van der Waals surface area (Å²) in [6.45, 7) is 5.32. The second kappa shape index (κ2) is 11.6. The highest BCUT2D eigenvalue weighted by atomic mass is 35.5. The van der Waals surface area contributed by atoms with Gasteiger partial charge in [-0.25, -0.2) is 0 Å². The lowest BCUT2D eigenvalue weighted by molar-refractivity contribution is -0.138. The first-order valence-corrected chi connectivity index (χ1v) is 12.6. The monoisotopic (exact) mass is 508 g/mol. The molecule has 35 heavy (non-hydrogen) atoms. The van der Waals surface area contributed by atoms with Crippen LogP contribution >= 0.6 is 11.6 Å². The van der Waals surface area contributed by atoms with Crippen molar-refractivity contribution in [2.24, 2.45) is 0 Å². The Morgan fingerprint density at radius 2 is 1.57 bits per heavy atom. The van der Waals surface area contributed by atoms with Gasteiger partial charge in [0.25, 0.3) is 5.91 Å². The Morgan fingerprint density at radius 1 is 0.886 bits per heavy atom. The summed E-state index contributed by atoms with van der Waals surface area (Å²) in [7, 11) is 0. The molecule has 2 heterocycles. The van der Waals surface area contributed by atoms with Crippen LogP contribution in [0.1, 0.15) is 41.6 Å². The van der Waals surface area contributed by atoms with E-state index >= 15 is 0 Å². The number of benzene rings is 2. The van der Waals surface area contributed by atoms with Gasteiger partial charge in [0.15, 0.2) is 0 Å². The smallest absolute Gasteiger partial charge is 0.367 e. The minimum atomic E-state index is -4.15. The predicted molar refractivity (Wildman–Crippen MR) is 134 cm³/mol. The van der Waals surface area contributed by atoms with E-state index in [0.717, 1.165) is 25.3 Å². The molecule has 2 fully saturated rings. The van der Waals surface area contributed by atoms with Crippen LogP contribution in [0.3, 0.4) is 0 Å². The maximum atomic E-state index is 13.0. The van der Waals surface area contributed by atoms with Crippen LogP contribution in [0.5, 0.6) is 0 Å². The summed E-state index contributed by atoms with van der Waals surface area (Å²) in [6.07, 6.45) is -1.16. The molecule has 2 aliphatic rings. The van der Waals surface area contributed by atoms with E-state index in [1.165, 1.54) is 24.8 Å². The Hall–Kier alpha value is -2.29. The van der Waals surface area contributed by atoms with E-state index in [0.29, 0.717) is 42.5 Å². The lowest BCUT2D eigenvalue weighted by Crippen LogP contribution is -2.47. The van der Waals surface area contributed by atoms with Gasteiger partial charge in [0.05, 0.1) is 17.8 Å². The fourth-order valence-corrected chi connectivity index (χ4v) is 4.87. The Kier molecular flexibility index (Phi) is 8.57. The van der Waals surface area contributed by atoms with Gasteiger partial charge in [-0.3, -0.25) is 14.6 Å². The number of likely N-dealkylation sites (tertiary alicyclic amines) is 1. The number of halogens is 4. The second-order valence-electron chi connectivity index (χ2n) is 9.34. The molecule has 0 unspecified atom stereocenters. The van der Waals surface area contributed by atoms with E-state index in [2.05, 4.69) is 15.1 Å². The Morgan fingerprint density at radius 3 is 2.23 bits per heavy atom. The van der Waals surface area contributed by atoms with Gasteiger partial charge in [-0.2, -0.15) is 13.2 Å². The lowest BCUT2D eigenvalue weighted by atomic mass is 10.1. The number of carbonyl (C=O) groups is 1. The van der Waals surface area contributed by atoms with Gasteiger partial charge in [0, 0.05) is 49.9 Å². The first-order chi connectivity index (χ1) is 16.8. The number of rotatable bonds is 7. The SMILES string of the molecule is O=C(Nc1ccc(Cl)cc1N1CCN(CCC(F)(F)F)CC1)c1ccc(CN2CCCCC2)cc1. The number of nitrogens with zero attached hydrogens (tertiary/aromatic N) is 3. The Bertz CT molecular complexity index is 985. The average molecular weight is 509 g/mol. The molecule has 2 saturated heterocycles. The van der Waals surface area contributed by atoms with Crippen LogP contribution in [0.25, 0.3) is 0 Å². The van der Waals surface area contributed by atoms with Crippen molar-refractivity contribution in [3.8, 4) is 0 Å². The fourth-order valence-electron chi connectivity index (χ4n) is 4.70. The van der Waals surface area contributed by atoms with Crippen molar-refractivity contribution >= 4 is 28.9 Å². The van der Waals surface area contributed by atoms with Crippen LogP contribution in [0.15, 0.2) is 42.5 Å². The van der Waals surface area contributed by atoms with Gasteiger partial charge in [-0.15, -0.1) is 0 Å². The fraction of sp³-hybridized carbons (Fsp3) is 0.500. The zero-order chi connectivity index (χ0) is 24.8. The summed E-state index contributed by atoms with van der Waals surface area (Å²) in [6, 6.07) is 13.0. The molecule has 0 aliphatic carbocycles. The van der Waals surface area contributed by atoms with Crippen LogP contribution in [0.4, 0.5) is 24.5 Å². The van der Waals surface area contributed by atoms with Crippen molar-refractivity contribution in [2.75, 3.05) is 56.0 Å². The standard InChI is InChI=1S/C26H32ClF3N4O/c27-22-8-9-23(24(18-22)34-16-14-32(15-17-34)13-10-26(28,29)30)31-25(35)21-6-4-20(5-7-21)19-33-11-2-1-3-12-33/h4-9,18H,1-3,10-17,19H2,(H,31,35). The molecule has 2 aliphatic heterocycles. The van der Waals surface area contributed by atoms with Crippen molar-refractivity contribution < 1.29 is 18.0 Å². The molecule has 190 valence electrons. The normalized spacial score (nSPS) is 18.0. The molecule has 0 radical (unpaired) electrons. The summed E-state index contributed by atoms with van der Waals surface area (Å²) >= 11 is 6.24. The molecule has 9 heteroatoms. The molecule has 2 aromatic rings. The predicted octanol–water partition coefficient (Wildman–Crippen LogP) is 5.65. The topological polar surface area (TPSA) is 38.8 Å². The lowest BCUT2D eigenvalue weighted by Gasteiger charge is -2.37. The third-order valence-corrected chi connectivity index (χ3v) is 6.94. The van der Waals surface area contributed by atoms with Crippen LogP contribution in [-0.2, 0) is 6.54 Å². The number of hydrogen-bond donors (Lipinski definition) is 1. The number of alkyl halides is 3. The molecule has 0 atom stereocenters. The number of nitrogens with one attached hydrogen (secondary N) is 1. The summed E-state index contributed by atoms with van der Waals surface area (Å²) in [4.78, 5) is 19.3. The number of hydrogen-bond acceptors (Lipinski definition) is 4. The highest BCUT2D eigenvalue weighted by Gasteiger charge is 2.29. The van der Waals surface area contributed by atoms with Crippen LogP contribution in [0.2, 0.25) is 5.02 Å². The van der Waals surface area contributed by atoms with Gasteiger partial charge < -0.3 is 10.2 Å². The van der Waals surface area contributed by atoms with Crippen LogP contribution < -0.4 is 10.2 Å². The molecule has 1 N–H and O–H groups in total. The van der Waals surface area contributed by atoms with Crippen molar-refractivity contribution in [3.63, 3.8) is 0 Å². The summed E-state index contributed by atoms with van der Waals surface area (Å²) in [5.74, 6) is -0.207. The van der Waals surface area contributed by atoms with Crippen molar-refractivity contribution in [3.05, 3.63) is 58.6 Å². The molecule has 1 amide bonds. The molecular weight excluding hydrogens is 477 g/mol. The van der Waals surface area contributed by atoms with Crippen LogP contribution in [-0.4, -0.2) is 67.7 Å². The number of amides is 1. The van der Waals surface area contributed by atoms with Crippen LogP contribution in [0, 0.1) is 0 Å². The highest BCUT2D eigenvalue weighted by molar-refractivity contribution is 6.31. The zero-order valence-corrected chi connectivity index (χ0v) is 20.5. The Balaban J connectivity index is 1.37. The first kappa shape index (κ1) is 25.8. The maximum absolute atomic E-state index is 13.0. The summed E-state index contributed by atoms with van der Waals surface area (Å²) in [5.41, 5.74) is 3.19. The molecule has 0 bridgehead atoms. The summed E-state index contributed by atoms with van der Waals surface area (Å²) < 4.78 is 37.6. The Labute approximate surface area is 209 Å². The van der Waals surface area contributed by atoms with Gasteiger partial charge in [-0.1, -0.05) is 30.2 Å². The van der Waals surface area contributed by atoms with E-state index in [1.807, 2.05) is 29.2 Å². The third-order valence-electron chi connectivity index (χ3n) is 6.70. The number of carbonyl (C=O) groups excluding carboxylic acids is 1. The highest BCUT2D eigenvalue weighted by Crippen LogP contribution is 2.31. The minimum absolute atomic E-state index is 0.00420. The molecule has 2 aromatic carbocycles. The quantitative estimate of drug-likeness (QED) is 0.524. The van der Waals surface area contributed by atoms with Crippen molar-refractivity contribution in [1.82, 2.24) is 9.80 Å². The molecule has 0 spiro atoms. The van der Waals surface area contributed by atoms with Crippen molar-refractivity contribution in [1.29, 1.82) is 0 Å². The molecule has 4 rings (SSSR count). The van der Waals surface area contributed by atoms with E-state index < -0.39 is 12.6 Å². The summed E-state index contributed by atoms with van der Waals surface area (Å²) in [5, 5.41) is 3.54. The number of piperidine rings is 1. The maximum Gasteiger partial charge on any atom is 0.390 e. The molecular formula is C26H32ClF3N4O. The number of anilines is 2. The third kappa shape index (κ3) is 7.59. The van der Waals surface area contributed by atoms with Gasteiger partial charge in [0.2, 0.25) is 0 Å². The minimum Gasteiger partial charge on any atom is -0.367 e. The number of piperazine rings is 1. The van der Waals surface area contributed by atoms with Gasteiger partial charge >= 0.3 is 6.18 Å². The van der Waals surface area contributed by atoms with E-state index in [9.17, 15) is 18.0 Å². The average Bonchev–Trinajstić information content (AvgIpc) is 2.85. The van der Waals surface area contributed by atoms with E-state index in [4.69, 9.17) is 11.6 Å². The van der Waals surface area contributed by atoms with E-state index in [-0.39, 0.29) is 12.5 Å². The van der Waals surface area contributed by atoms with E-state index in [1.54, 1.807) is 18.2 Å². The molecule has 5 nitrogen and oxygen atoms in total. The first-order valence-electron chi connectivity index (χ1n) is 12.2.